The molecule has 1 aromatic heterocycles. The van der Waals surface area contributed by atoms with Gasteiger partial charge in [0.1, 0.15) is 17.3 Å². The Morgan fingerprint density at radius 1 is 1.16 bits per heavy atom. The molecule has 1 N–H and O–H groups in total. The molecule has 3 aromatic rings. The maximum absolute atomic E-state index is 13.1. The Balaban J connectivity index is 1.93. The molecule has 1 unspecified atom stereocenters. The van der Waals surface area contributed by atoms with Crippen molar-refractivity contribution in [3.8, 4) is 5.75 Å². The maximum Gasteiger partial charge on any atom is 0.296 e. The largest absolute Gasteiger partial charge is 0.507 e. The van der Waals surface area contributed by atoms with Crippen LogP contribution in [0.15, 0.2) is 64.8 Å². The van der Waals surface area contributed by atoms with Crippen LogP contribution in [0, 0.1) is 6.92 Å². The Kier molecular flexibility index (Phi) is 6.00. The number of halogens is 2. The van der Waals surface area contributed by atoms with Crippen LogP contribution in [0.4, 0.5) is 0 Å². The quantitative estimate of drug-likeness (QED) is 0.300. The molecule has 32 heavy (non-hydrogen) atoms. The summed E-state index contributed by atoms with van der Waals surface area (Å²) >= 11 is 12.3. The minimum Gasteiger partial charge on any atom is -0.507 e. The van der Waals surface area contributed by atoms with Gasteiger partial charge in [0, 0.05) is 5.02 Å². The second-order valence-electron chi connectivity index (χ2n) is 7.39. The lowest BCUT2D eigenvalue weighted by Gasteiger charge is -2.24. The summed E-state index contributed by atoms with van der Waals surface area (Å²) in [5.41, 5.74) is 1.53. The number of aliphatic hydroxyl groups excluding tert-OH is 1. The smallest absolute Gasteiger partial charge is 0.296 e. The average molecular weight is 472 g/mol. The molecule has 2 aromatic carbocycles. The van der Waals surface area contributed by atoms with E-state index in [1.807, 2.05) is 0 Å². The van der Waals surface area contributed by atoms with Crippen molar-refractivity contribution in [1.82, 2.24) is 4.90 Å². The first-order valence-corrected chi connectivity index (χ1v) is 10.5. The van der Waals surface area contributed by atoms with E-state index in [0.29, 0.717) is 16.3 Å². The number of amides is 1. The SMILES string of the molecule is COc1c(Cl)cc(C)cc1/C(O)=C1\C(=O)C(=O)N(Cc2ccco2)C1c1ccc(Cl)cc1. The molecule has 0 aliphatic carbocycles. The number of carbonyl (C=O) groups excluding carboxylic acids is 2. The molecule has 8 heteroatoms. The van der Waals surface area contributed by atoms with Crippen LogP contribution >= 0.6 is 23.2 Å². The normalized spacial score (nSPS) is 17.8. The summed E-state index contributed by atoms with van der Waals surface area (Å²) in [6, 6.07) is 12.6. The van der Waals surface area contributed by atoms with Crippen molar-refractivity contribution in [3.63, 3.8) is 0 Å². The van der Waals surface area contributed by atoms with E-state index in [0.717, 1.165) is 5.56 Å². The molecular weight excluding hydrogens is 453 g/mol. The third-order valence-electron chi connectivity index (χ3n) is 5.28. The Hall–Kier alpha value is -3.22. The lowest BCUT2D eigenvalue weighted by molar-refractivity contribution is -0.140. The number of hydrogen-bond acceptors (Lipinski definition) is 5. The van der Waals surface area contributed by atoms with Crippen LogP contribution in [0.2, 0.25) is 10.0 Å². The average Bonchev–Trinajstić information content (AvgIpc) is 3.36. The number of carbonyl (C=O) groups is 2. The molecule has 0 bridgehead atoms. The van der Waals surface area contributed by atoms with Gasteiger partial charge in [0.15, 0.2) is 0 Å². The Morgan fingerprint density at radius 2 is 1.88 bits per heavy atom. The van der Waals surface area contributed by atoms with E-state index >= 15 is 0 Å². The zero-order valence-electron chi connectivity index (χ0n) is 17.3. The molecule has 0 saturated carbocycles. The molecule has 1 aliphatic rings. The fourth-order valence-corrected chi connectivity index (χ4v) is 4.34. The zero-order valence-corrected chi connectivity index (χ0v) is 18.8. The third-order valence-corrected chi connectivity index (χ3v) is 5.81. The van der Waals surface area contributed by atoms with Crippen LogP contribution in [-0.2, 0) is 16.1 Å². The lowest BCUT2D eigenvalue weighted by Crippen LogP contribution is -2.29. The summed E-state index contributed by atoms with van der Waals surface area (Å²) < 4.78 is 10.8. The molecule has 2 heterocycles. The van der Waals surface area contributed by atoms with Crippen LogP contribution < -0.4 is 4.74 Å². The van der Waals surface area contributed by atoms with Gasteiger partial charge in [-0.1, -0.05) is 35.3 Å². The Morgan fingerprint density at radius 3 is 2.50 bits per heavy atom. The number of nitrogens with zero attached hydrogens (tertiary/aromatic N) is 1. The predicted molar refractivity (Wildman–Crippen MR) is 121 cm³/mol. The topological polar surface area (TPSA) is 80.0 Å². The number of Topliss-reactive ketones (excluding diaryl/α,β-unsaturated/α-hetero) is 1. The van der Waals surface area contributed by atoms with Gasteiger partial charge in [0.2, 0.25) is 0 Å². The molecule has 1 aliphatic heterocycles. The number of ketones is 1. The minimum absolute atomic E-state index is 0.0490. The van der Waals surface area contributed by atoms with E-state index < -0.39 is 17.7 Å². The van der Waals surface area contributed by atoms with Gasteiger partial charge in [-0.15, -0.1) is 0 Å². The van der Waals surface area contributed by atoms with Crippen LogP contribution in [0.5, 0.6) is 5.75 Å². The van der Waals surface area contributed by atoms with Gasteiger partial charge in [-0.3, -0.25) is 9.59 Å². The summed E-state index contributed by atoms with van der Waals surface area (Å²) in [6.07, 6.45) is 1.49. The highest BCUT2D eigenvalue weighted by Crippen LogP contribution is 2.43. The van der Waals surface area contributed by atoms with E-state index in [-0.39, 0.29) is 34.2 Å². The first kappa shape index (κ1) is 22.0. The molecule has 4 rings (SSSR count). The van der Waals surface area contributed by atoms with Crippen molar-refractivity contribution < 1.29 is 23.8 Å². The molecule has 0 spiro atoms. The zero-order chi connectivity index (χ0) is 23.0. The first-order valence-electron chi connectivity index (χ1n) is 9.72. The number of aliphatic hydroxyl groups is 1. The van der Waals surface area contributed by atoms with Gasteiger partial charge >= 0.3 is 0 Å². The molecule has 1 atom stereocenters. The highest BCUT2D eigenvalue weighted by molar-refractivity contribution is 6.46. The van der Waals surface area contributed by atoms with E-state index in [9.17, 15) is 14.7 Å². The number of benzene rings is 2. The monoisotopic (exact) mass is 471 g/mol. The molecule has 6 nitrogen and oxygen atoms in total. The summed E-state index contributed by atoms with van der Waals surface area (Å²) in [7, 11) is 1.42. The number of ether oxygens (including phenoxy) is 1. The molecule has 164 valence electrons. The molecule has 1 fully saturated rings. The number of rotatable bonds is 5. The lowest BCUT2D eigenvalue weighted by atomic mass is 9.94. The standard InChI is InChI=1S/C24H19Cl2NO5/c1-13-10-17(23(31-2)18(26)11-13)21(28)19-20(14-5-7-15(25)8-6-14)27(24(30)22(19)29)12-16-4-3-9-32-16/h3-11,20,28H,12H2,1-2H3/b21-19+. The summed E-state index contributed by atoms with van der Waals surface area (Å²) in [5, 5.41) is 12.1. The number of likely N-dealkylation sites (tertiary alicyclic amines) is 1. The van der Waals surface area contributed by atoms with Crippen LogP contribution in [-0.4, -0.2) is 28.8 Å². The van der Waals surface area contributed by atoms with Gasteiger partial charge in [0.25, 0.3) is 11.7 Å². The van der Waals surface area contributed by atoms with Gasteiger partial charge < -0.3 is 19.2 Å². The van der Waals surface area contributed by atoms with Gasteiger partial charge in [-0.2, -0.15) is 0 Å². The minimum atomic E-state index is -0.860. The van der Waals surface area contributed by atoms with Crippen LogP contribution in [0.25, 0.3) is 5.76 Å². The van der Waals surface area contributed by atoms with Crippen LogP contribution in [0.1, 0.15) is 28.5 Å². The van der Waals surface area contributed by atoms with Crippen molar-refractivity contribution >= 4 is 40.7 Å². The fourth-order valence-electron chi connectivity index (χ4n) is 3.86. The van der Waals surface area contributed by atoms with Crippen molar-refractivity contribution in [1.29, 1.82) is 0 Å². The highest BCUT2D eigenvalue weighted by Gasteiger charge is 2.46. The summed E-state index contributed by atoms with van der Waals surface area (Å²) in [6.45, 7) is 1.85. The van der Waals surface area contributed by atoms with E-state index in [4.69, 9.17) is 32.4 Å². The number of hydrogen-bond donors (Lipinski definition) is 1. The fraction of sp³-hybridized carbons (Fsp3) is 0.167. The Bertz CT molecular complexity index is 1220. The van der Waals surface area contributed by atoms with E-state index in [1.54, 1.807) is 55.5 Å². The maximum atomic E-state index is 13.1. The van der Waals surface area contributed by atoms with Crippen molar-refractivity contribution in [2.45, 2.75) is 19.5 Å². The van der Waals surface area contributed by atoms with Gasteiger partial charge in [-0.05, 0) is 54.4 Å². The number of methoxy groups -OCH3 is 1. The molecular formula is C24H19Cl2NO5. The summed E-state index contributed by atoms with van der Waals surface area (Å²) in [5.74, 6) is -1.22. The number of furan rings is 1. The second kappa shape index (κ2) is 8.73. The van der Waals surface area contributed by atoms with Crippen molar-refractivity contribution in [2.24, 2.45) is 0 Å². The highest BCUT2D eigenvalue weighted by atomic mass is 35.5. The van der Waals surface area contributed by atoms with Gasteiger partial charge in [0.05, 0.1) is 42.1 Å². The van der Waals surface area contributed by atoms with Gasteiger partial charge in [-0.25, -0.2) is 0 Å². The van der Waals surface area contributed by atoms with Crippen molar-refractivity contribution in [3.05, 3.63) is 92.9 Å². The summed E-state index contributed by atoms with van der Waals surface area (Å²) in [4.78, 5) is 27.5. The molecule has 1 amide bonds. The Labute approximate surface area is 194 Å². The first-order chi connectivity index (χ1) is 15.3. The van der Waals surface area contributed by atoms with E-state index in [1.165, 1.54) is 18.3 Å². The molecule has 1 saturated heterocycles. The second-order valence-corrected chi connectivity index (χ2v) is 8.23. The third kappa shape index (κ3) is 3.87. The molecule has 0 radical (unpaired) electrons. The predicted octanol–water partition coefficient (Wildman–Crippen LogP) is 5.53. The van der Waals surface area contributed by atoms with Crippen LogP contribution in [0.3, 0.4) is 0 Å². The number of aryl methyl sites for hydroxylation is 1. The van der Waals surface area contributed by atoms with E-state index in [2.05, 4.69) is 0 Å². The van der Waals surface area contributed by atoms with Crippen molar-refractivity contribution in [2.75, 3.05) is 7.11 Å².